The summed E-state index contributed by atoms with van der Waals surface area (Å²) in [5, 5.41) is 31.0. The normalized spacial score (nSPS) is 18.9. The van der Waals surface area contributed by atoms with E-state index in [1.807, 2.05) is 95.8 Å². The number of nitrogens with zero attached hydrogens (tertiary/aromatic N) is 15. The summed E-state index contributed by atoms with van der Waals surface area (Å²) in [5.74, 6) is -0.503. The number of carbonyl (C=O) groups excluding carboxylic acids is 9. The van der Waals surface area contributed by atoms with Crippen molar-refractivity contribution in [2.45, 2.75) is 238 Å². The van der Waals surface area contributed by atoms with Crippen LogP contribution in [0.4, 0.5) is 55.0 Å². The smallest absolute Gasteiger partial charge is 0.435 e. The average molecular weight is 2190 g/mol. The third kappa shape index (κ3) is 29.0. The van der Waals surface area contributed by atoms with Crippen molar-refractivity contribution < 1.29 is 84.7 Å². The summed E-state index contributed by atoms with van der Waals surface area (Å²) < 4.78 is 41.4. The van der Waals surface area contributed by atoms with Crippen molar-refractivity contribution in [3.63, 3.8) is 0 Å². The Morgan fingerprint density at radius 2 is 0.935 bits per heavy atom. The number of alkyl halides is 4. The van der Waals surface area contributed by atoms with Gasteiger partial charge in [-0.1, -0.05) is 86.4 Å². The number of hydrogen-bond acceptors (Lipinski definition) is 21. The molecule has 6 aliphatic rings. The van der Waals surface area contributed by atoms with E-state index in [0.717, 1.165) is 45.6 Å². The van der Waals surface area contributed by atoms with E-state index < -0.39 is 51.6 Å². The summed E-state index contributed by atoms with van der Waals surface area (Å²) >= 11 is 15.2. The molecule has 0 unspecified atom stereocenters. The Bertz CT molecular complexity index is 4370. The van der Waals surface area contributed by atoms with Crippen LogP contribution >= 0.6 is 87.4 Å². The van der Waals surface area contributed by atoms with Gasteiger partial charge in [0.2, 0.25) is 0 Å². The molecule has 33 nitrogen and oxygen atoms in total. The molecule has 6 aliphatic heterocycles. The van der Waals surface area contributed by atoms with E-state index in [-0.39, 0.29) is 165 Å². The number of urea groups is 2. The van der Waals surface area contributed by atoms with E-state index in [4.69, 9.17) is 25.8 Å². The van der Waals surface area contributed by atoms with Crippen LogP contribution in [0.2, 0.25) is 0 Å². The van der Waals surface area contributed by atoms with E-state index in [0.29, 0.717) is 85.6 Å². The number of hydrogen-bond donors (Lipinski definition) is 6. The molecule has 0 bridgehead atoms. The number of fused-ring (bicyclic) bond motifs is 3. The van der Waals surface area contributed by atoms with Gasteiger partial charge in [-0.25, -0.2) is 24.0 Å². The van der Waals surface area contributed by atoms with Gasteiger partial charge in [0, 0.05) is 178 Å². The summed E-state index contributed by atoms with van der Waals surface area (Å²) in [6.07, 6.45) is 4.16. The van der Waals surface area contributed by atoms with Gasteiger partial charge in [-0.05, 0) is 183 Å². The molecule has 6 atom stereocenters. The number of piperazine rings is 3. The maximum absolute atomic E-state index is 13.7. The Balaban J connectivity index is 0.000000804. The summed E-state index contributed by atoms with van der Waals surface area (Å²) in [7, 11) is 0. The average Bonchev–Trinajstić information content (AvgIpc) is 1.58. The van der Waals surface area contributed by atoms with Crippen LogP contribution in [0.1, 0.15) is 225 Å². The van der Waals surface area contributed by atoms with E-state index in [1.54, 1.807) is 98.3 Å². The van der Waals surface area contributed by atoms with Gasteiger partial charge in [-0.2, -0.15) is 14.5 Å². The van der Waals surface area contributed by atoms with E-state index in [1.165, 1.54) is 17.3 Å². The maximum Gasteiger partial charge on any atom is 0.435 e. The predicted octanol–water partition coefficient (Wildman–Crippen LogP) is 17.0. The molecular formula is C82H128BrClF2I3N21O12V. The van der Waals surface area contributed by atoms with Gasteiger partial charge in [0.25, 0.3) is 17.7 Å². The zero-order valence-corrected chi connectivity index (χ0v) is 80.8. The Morgan fingerprint density at radius 1 is 0.545 bits per heavy atom. The van der Waals surface area contributed by atoms with Gasteiger partial charge in [0.1, 0.15) is 22.7 Å². The molecule has 6 aromatic rings. The number of rotatable bonds is 13. The number of pyridine rings is 3. The van der Waals surface area contributed by atoms with Crippen LogP contribution in [0.5, 0.6) is 0 Å². The number of amides is 9. The number of carbonyl (C=O) groups is 9. The van der Waals surface area contributed by atoms with Crippen LogP contribution in [0.25, 0.3) is 0 Å². The van der Waals surface area contributed by atoms with Crippen LogP contribution in [-0.4, -0.2) is 257 Å². The summed E-state index contributed by atoms with van der Waals surface area (Å²) in [6.45, 7) is 37.8. The van der Waals surface area contributed by atoms with Crippen LogP contribution in [-0.2, 0) is 69.0 Å². The van der Waals surface area contributed by atoms with E-state index in [2.05, 4.69) is 156 Å². The molecule has 12 heterocycles. The van der Waals surface area contributed by atoms with Crippen molar-refractivity contribution in [2.24, 2.45) is 0 Å². The maximum atomic E-state index is 13.7. The van der Waals surface area contributed by atoms with Crippen molar-refractivity contribution in [3.8, 4) is 0 Å². The fourth-order valence-corrected chi connectivity index (χ4v) is 14.5. The first-order valence-corrected chi connectivity index (χ1v) is 48.7. The first-order chi connectivity index (χ1) is 55.9. The topological polar surface area (TPSA) is 367 Å². The number of aromatic amines is 1. The summed E-state index contributed by atoms with van der Waals surface area (Å²) in [4.78, 5) is 141. The zero-order valence-electron chi connectivity index (χ0n) is 70.6. The Kier molecular flexibility index (Phi) is 48.5. The van der Waals surface area contributed by atoms with Gasteiger partial charge in [0.15, 0.2) is 17.5 Å². The molecule has 41 heteroatoms. The van der Waals surface area contributed by atoms with E-state index in [9.17, 15) is 51.9 Å². The number of nitrogens with one attached hydrogen (secondary N) is 6. The number of anilines is 3. The Morgan fingerprint density at radius 3 is 1.33 bits per heavy atom. The predicted molar refractivity (Wildman–Crippen MR) is 503 cm³/mol. The molecule has 0 aliphatic carbocycles. The molecular weight excluding hydrogens is 2060 g/mol. The van der Waals surface area contributed by atoms with Gasteiger partial charge < -0.3 is 70.2 Å². The molecule has 6 aromatic heterocycles. The number of aromatic nitrogens is 9. The quantitative estimate of drug-likeness (QED) is 0.0206. The molecule has 0 aromatic carbocycles. The van der Waals surface area contributed by atoms with Crippen molar-refractivity contribution in [1.29, 1.82) is 0 Å². The van der Waals surface area contributed by atoms with Crippen molar-refractivity contribution in [1.82, 2.24) is 89.6 Å². The first-order valence-electron chi connectivity index (χ1n) is 38.7. The minimum absolute atomic E-state index is 0. The van der Waals surface area contributed by atoms with Crippen LogP contribution in [0, 0.1) is 0 Å². The third-order valence-electron chi connectivity index (χ3n) is 20.1. The van der Waals surface area contributed by atoms with Crippen molar-refractivity contribution in [2.75, 3.05) is 98.6 Å². The molecule has 3 fully saturated rings. The SMILES string of the molecule is C.C.C.C.CCOC(=O)n1nc(NC(=O)c2ccccn2)c2c1C(C)(C)N(C(=O)Cl)C2.CCOC(=O)n1nc(NC(=O)c2ccccn2)c2c1C(C)(C)N(C(=O)N1C[C@@H](C)NC[C@@H]1C)C2.CI.C[C@@H]1CN(C(=O)N2Cc3c(NC(=O)c4ccccn4)n[nH]c3C2(C)C)[C@@H](C)CN1CCCF.C[C@@H]1CN[C@@H](C)CN1C(=O)OC(C)(C)C.FCCCBr.II.[V]. The molecule has 123 heavy (non-hydrogen) atoms. The third-order valence-corrected chi connectivity index (χ3v) is 20.9. The molecule has 6 N–H and O–H groups in total. The summed E-state index contributed by atoms with van der Waals surface area (Å²) in [6, 6.07) is 15.8. The second kappa shape index (κ2) is 52.3. The Labute approximate surface area is 786 Å². The van der Waals surface area contributed by atoms with Crippen LogP contribution in [0.15, 0.2) is 73.2 Å². The number of H-pyrrole nitrogens is 1. The summed E-state index contributed by atoms with van der Waals surface area (Å²) in [5.41, 5.74) is 1.61. The molecule has 3 saturated heterocycles. The second-order valence-electron chi connectivity index (χ2n) is 31.0. The minimum Gasteiger partial charge on any atom is -0.448 e. The van der Waals surface area contributed by atoms with Crippen molar-refractivity contribution in [3.05, 3.63) is 124 Å². The van der Waals surface area contributed by atoms with Crippen molar-refractivity contribution >= 4 is 158 Å². The fourth-order valence-electron chi connectivity index (χ4n) is 14.1. The van der Waals surface area contributed by atoms with Gasteiger partial charge in [0.05, 0.1) is 79.9 Å². The monoisotopic (exact) mass is 2180 g/mol. The molecule has 0 saturated carbocycles. The fraction of sp³-hybridized carbons (Fsp3) is 0.598. The van der Waals surface area contributed by atoms with Gasteiger partial charge >= 0.3 is 35.7 Å². The molecule has 687 valence electrons. The largest absolute Gasteiger partial charge is 0.448 e. The molecule has 9 amide bonds. The minimum atomic E-state index is -0.915. The molecule has 1 radical (unpaired) electrons. The van der Waals surface area contributed by atoms with Gasteiger partial charge in [-0.15, -0.1) is 10.2 Å². The van der Waals surface area contributed by atoms with Crippen LogP contribution < -0.4 is 26.6 Å². The van der Waals surface area contributed by atoms with Gasteiger partial charge in [-0.3, -0.25) is 52.9 Å². The number of ether oxygens (including phenoxy) is 3. The Hall–Kier alpha value is -7.01. The first kappa shape index (κ1) is 114. The zero-order chi connectivity index (χ0) is 87.9. The standard InChI is InChI=1S/C23H32FN7O2.C23H31N7O4.C17H18ClN5O4.C11H22N2O2.C3H6BrF.CH3I.4CH4.I2.V/c1-15-13-30(16(2)12-29(15)11-7-9-24)22(33)31-14-17-19(23(31,3)4)27-28-20(17)26-21(32)18-8-5-6-10-25-18;1-6-34-22(33)30-18-16(19(27-30)26-20(31)17-9-7-8-10-24-17)13-29(23(18,4)5)21(32)28-12-14(2)25-11-15(28)3;1-4-27-16(26)23-12-10(9-22(15(18)25)17(12,2)3)13(21-23)20-14(24)11-7-5-6-8-19-11;1-8-7-13(9(2)6-12-8)10(14)15-11(3,4)5;4-2-1-3-5;1-2;;;;;1-2;/h5-6,8,10,15-16H,7,9,11-14H2,1-4H3,(H2,26,27,28,32);7-10,14-15,25H,6,11-13H2,1-5H3,(H,26,27,31);5-8H,4,9H2,1-3H3,(H,20,21,24);8-9,12H,6-7H2,1-5H3;1-3H2;1H3;4*1H4;;/t15-,16+;14-,15+;;8-,9+;;;;;;;;/m11.0......../s1. The molecule has 0 spiro atoms. The van der Waals surface area contributed by atoms with Crippen LogP contribution in [0.3, 0.4) is 0 Å². The second-order valence-corrected chi connectivity index (χ2v) is 32.1. The van der Waals surface area contributed by atoms with E-state index >= 15 is 0 Å². The number of halogens is 7. The molecule has 12 rings (SSSR count).